The summed E-state index contributed by atoms with van der Waals surface area (Å²) in [6.45, 7) is 1.75. The Bertz CT molecular complexity index is 1250. The average molecular weight is 449 g/mol. The molecule has 0 aliphatic rings. The van der Waals surface area contributed by atoms with Crippen molar-refractivity contribution in [1.82, 2.24) is 15.6 Å². The van der Waals surface area contributed by atoms with Gasteiger partial charge in [-0.15, -0.1) is 0 Å². The molecular formula is C24H18Cl2N4O. The van der Waals surface area contributed by atoms with Crippen molar-refractivity contribution in [1.29, 1.82) is 0 Å². The zero-order valence-electron chi connectivity index (χ0n) is 16.6. The van der Waals surface area contributed by atoms with E-state index in [-0.39, 0.29) is 0 Å². The van der Waals surface area contributed by atoms with Crippen LogP contribution in [0, 0.1) is 0 Å². The summed E-state index contributed by atoms with van der Waals surface area (Å²) in [5.41, 5.74) is 7.91. The highest BCUT2D eigenvalue weighted by Gasteiger charge is 2.12. The number of nitrogens with one attached hydrogen (secondary N) is 2. The van der Waals surface area contributed by atoms with Crippen molar-refractivity contribution >= 4 is 34.8 Å². The summed E-state index contributed by atoms with van der Waals surface area (Å²) >= 11 is 12.1. The number of hydrazone groups is 1. The van der Waals surface area contributed by atoms with Crippen molar-refractivity contribution in [2.45, 2.75) is 6.92 Å². The van der Waals surface area contributed by atoms with Gasteiger partial charge in [0.1, 0.15) is 5.69 Å². The van der Waals surface area contributed by atoms with Crippen molar-refractivity contribution in [2.75, 3.05) is 0 Å². The van der Waals surface area contributed by atoms with Crippen LogP contribution in [0.15, 0.2) is 84.0 Å². The van der Waals surface area contributed by atoms with Crippen molar-refractivity contribution < 1.29 is 4.79 Å². The molecule has 0 bridgehead atoms. The number of aromatic amines is 1. The van der Waals surface area contributed by atoms with E-state index in [1.807, 2.05) is 42.5 Å². The fourth-order valence-electron chi connectivity index (χ4n) is 3.09. The van der Waals surface area contributed by atoms with Crippen LogP contribution in [0.25, 0.3) is 22.4 Å². The van der Waals surface area contributed by atoms with Crippen molar-refractivity contribution in [3.8, 4) is 22.4 Å². The number of hydrogen-bond acceptors (Lipinski definition) is 3. The molecular weight excluding hydrogens is 431 g/mol. The number of amides is 1. The lowest BCUT2D eigenvalue weighted by atomic mass is 10.0. The van der Waals surface area contributed by atoms with E-state index in [0.29, 0.717) is 32.7 Å². The van der Waals surface area contributed by atoms with Crippen LogP contribution in [-0.4, -0.2) is 21.8 Å². The van der Waals surface area contributed by atoms with Crippen LogP contribution in [0.2, 0.25) is 10.0 Å². The third-order valence-electron chi connectivity index (χ3n) is 4.76. The summed E-state index contributed by atoms with van der Waals surface area (Å²) in [5, 5.41) is 12.1. The second-order valence-electron chi connectivity index (χ2n) is 6.87. The minimum absolute atomic E-state index is 0.306. The quantitative estimate of drug-likeness (QED) is 0.281. The van der Waals surface area contributed by atoms with E-state index < -0.39 is 5.91 Å². The maximum Gasteiger partial charge on any atom is 0.289 e. The maximum atomic E-state index is 12.5. The standard InChI is InChI=1S/C24H18Cl2N4O/c1-15(20-12-11-19(25)13-21(20)26)27-30-24(31)23-14-22(28-29-23)18-9-7-17(8-10-18)16-5-3-2-4-6-16/h2-14H,1H3,(H,28,29)(H,30,31). The summed E-state index contributed by atoms with van der Waals surface area (Å²) in [5.74, 6) is -0.399. The molecule has 4 aromatic rings. The van der Waals surface area contributed by atoms with Crippen molar-refractivity contribution in [3.63, 3.8) is 0 Å². The van der Waals surface area contributed by atoms with Gasteiger partial charge in [0, 0.05) is 16.1 Å². The molecule has 0 aliphatic carbocycles. The molecule has 0 saturated carbocycles. The van der Waals surface area contributed by atoms with Gasteiger partial charge in [0.25, 0.3) is 5.91 Å². The van der Waals surface area contributed by atoms with Crippen molar-refractivity contribution in [3.05, 3.63) is 100 Å². The molecule has 31 heavy (non-hydrogen) atoms. The monoisotopic (exact) mass is 448 g/mol. The van der Waals surface area contributed by atoms with Crippen molar-refractivity contribution in [2.24, 2.45) is 5.10 Å². The van der Waals surface area contributed by atoms with Crippen LogP contribution in [0.1, 0.15) is 23.0 Å². The van der Waals surface area contributed by atoms with E-state index >= 15 is 0 Å². The lowest BCUT2D eigenvalue weighted by Gasteiger charge is -2.04. The molecule has 4 rings (SSSR count). The van der Waals surface area contributed by atoms with Gasteiger partial charge < -0.3 is 0 Å². The molecule has 0 aliphatic heterocycles. The van der Waals surface area contributed by atoms with E-state index in [4.69, 9.17) is 23.2 Å². The molecule has 0 radical (unpaired) electrons. The smallest absolute Gasteiger partial charge is 0.272 e. The van der Waals surface area contributed by atoms with Gasteiger partial charge >= 0.3 is 0 Å². The topological polar surface area (TPSA) is 70.1 Å². The largest absolute Gasteiger partial charge is 0.289 e. The lowest BCUT2D eigenvalue weighted by molar-refractivity contribution is 0.0950. The van der Waals surface area contributed by atoms with Gasteiger partial charge in [0.15, 0.2) is 0 Å². The Morgan fingerprint density at radius 3 is 2.29 bits per heavy atom. The number of carbonyl (C=O) groups excluding carboxylic acids is 1. The average Bonchev–Trinajstić information content (AvgIpc) is 3.28. The summed E-state index contributed by atoms with van der Waals surface area (Å²) in [7, 11) is 0. The number of aromatic nitrogens is 2. The SMILES string of the molecule is CC(=NNC(=O)c1cc(-c2ccc(-c3ccccc3)cc2)n[nH]1)c1ccc(Cl)cc1Cl. The number of H-pyrrole nitrogens is 1. The summed E-state index contributed by atoms with van der Waals surface area (Å²) in [6.07, 6.45) is 0. The Morgan fingerprint density at radius 2 is 1.58 bits per heavy atom. The summed E-state index contributed by atoms with van der Waals surface area (Å²) in [6, 6.07) is 24.9. The van der Waals surface area contributed by atoms with E-state index in [0.717, 1.165) is 16.7 Å². The highest BCUT2D eigenvalue weighted by atomic mass is 35.5. The fraction of sp³-hybridized carbons (Fsp3) is 0.0417. The molecule has 0 atom stereocenters. The first kappa shape index (κ1) is 20.8. The Kier molecular flexibility index (Phi) is 6.16. The van der Waals surface area contributed by atoms with Crippen LogP contribution < -0.4 is 5.43 Å². The first-order chi connectivity index (χ1) is 15.0. The van der Waals surface area contributed by atoms with E-state index in [9.17, 15) is 4.79 Å². The maximum absolute atomic E-state index is 12.5. The zero-order chi connectivity index (χ0) is 21.8. The van der Waals surface area contributed by atoms with Crippen LogP contribution in [0.3, 0.4) is 0 Å². The van der Waals surface area contributed by atoms with E-state index in [1.54, 1.807) is 31.2 Å². The summed E-state index contributed by atoms with van der Waals surface area (Å²) < 4.78 is 0. The van der Waals surface area contributed by atoms with Gasteiger partial charge in [-0.1, -0.05) is 83.9 Å². The predicted octanol–water partition coefficient (Wildman–Crippen LogP) is 6.20. The van der Waals surface area contributed by atoms with Crippen LogP contribution in [0.4, 0.5) is 0 Å². The van der Waals surface area contributed by atoms with Gasteiger partial charge in [-0.25, -0.2) is 5.43 Å². The number of nitrogens with zero attached hydrogens (tertiary/aromatic N) is 2. The number of halogens is 2. The molecule has 7 heteroatoms. The molecule has 2 N–H and O–H groups in total. The molecule has 1 heterocycles. The normalized spacial score (nSPS) is 11.4. The Morgan fingerprint density at radius 1 is 0.903 bits per heavy atom. The van der Waals surface area contributed by atoms with Crippen LogP contribution >= 0.6 is 23.2 Å². The second kappa shape index (κ2) is 9.16. The number of carbonyl (C=O) groups is 1. The highest BCUT2D eigenvalue weighted by molar-refractivity contribution is 6.37. The third-order valence-corrected chi connectivity index (χ3v) is 5.30. The first-order valence-electron chi connectivity index (χ1n) is 9.52. The molecule has 3 aromatic carbocycles. The molecule has 0 unspecified atom stereocenters. The molecule has 154 valence electrons. The molecule has 1 aromatic heterocycles. The Labute approximate surface area is 189 Å². The Balaban J connectivity index is 1.46. The molecule has 0 saturated heterocycles. The number of hydrogen-bond donors (Lipinski definition) is 2. The molecule has 5 nitrogen and oxygen atoms in total. The highest BCUT2D eigenvalue weighted by Crippen LogP contribution is 2.24. The summed E-state index contributed by atoms with van der Waals surface area (Å²) in [4.78, 5) is 12.5. The van der Waals surface area contributed by atoms with Gasteiger partial charge in [-0.05, 0) is 36.2 Å². The number of rotatable bonds is 5. The van der Waals surface area contributed by atoms with Crippen LogP contribution in [0.5, 0.6) is 0 Å². The minimum Gasteiger partial charge on any atom is -0.272 e. The Hall–Kier alpha value is -3.41. The fourth-order valence-corrected chi connectivity index (χ4v) is 3.63. The third kappa shape index (κ3) is 4.85. The van der Waals surface area contributed by atoms with E-state index in [2.05, 4.69) is 32.9 Å². The number of benzene rings is 3. The van der Waals surface area contributed by atoms with Gasteiger partial charge in [0.05, 0.1) is 16.4 Å². The zero-order valence-corrected chi connectivity index (χ0v) is 18.1. The second-order valence-corrected chi connectivity index (χ2v) is 7.72. The minimum atomic E-state index is -0.399. The predicted molar refractivity (Wildman–Crippen MR) is 126 cm³/mol. The molecule has 1 amide bonds. The van der Waals surface area contributed by atoms with E-state index in [1.165, 1.54) is 0 Å². The van der Waals surface area contributed by atoms with Gasteiger partial charge in [-0.2, -0.15) is 10.2 Å². The molecule has 0 fully saturated rings. The molecule has 0 spiro atoms. The first-order valence-corrected chi connectivity index (χ1v) is 10.3. The van der Waals surface area contributed by atoms with Crippen LogP contribution in [-0.2, 0) is 0 Å². The lowest BCUT2D eigenvalue weighted by Crippen LogP contribution is -2.19. The van der Waals surface area contributed by atoms with Gasteiger partial charge in [-0.3, -0.25) is 9.89 Å². The van der Waals surface area contributed by atoms with Gasteiger partial charge in [0.2, 0.25) is 0 Å².